The van der Waals surface area contributed by atoms with Crippen LogP contribution in [0.1, 0.15) is 44.6 Å². The molecule has 1 aliphatic rings. The van der Waals surface area contributed by atoms with E-state index in [1.165, 1.54) is 44.1 Å². The monoisotopic (exact) mass is 231 g/mol. The Hall–Kier alpha value is -0.820. The van der Waals surface area contributed by atoms with Crippen LogP contribution >= 0.6 is 0 Å². The molecule has 0 aliphatic heterocycles. The van der Waals surface area contributed by atoms with E-state index in [1.807, 2.05) is 0 Å². The molecular formula is C16H25N. The number of rotatable bonds is 5. The minimum atomic E-state index is 0.586. The van der Waals surface area contributed by atoms with Crippen molar-refractivity contribution in [2.45, 2.75) is 51.5 Å². The van der Waals surface area contributed by atoms with Gasteiger partial charge in [-0.2, -0.15) is 0 Å². The molecule has 1 aliphatic carbocycles. The third-order valence-electron chi connectivity index (χ3n) is 4.33. The second kappa shape index (κ2) is 5.68. The van der Waals surface area contributed by atoms with Gasteiger partial charge in [0.2, 0.25) is 0 Å². The van der Waals surface area contributed by atoms with Gasteiger partial charge in [0.15, 0.2) is 0 Å². The van der Waals surface area contributed by atoms with Crippen molar-refractivity contribution in [2.24, 2.45) is 5.41 Å². The molecule has 0 saturated heterocycles. The molecular weight excluding hydrogens is 206 g/mol. The van der Waals surface area contributed by atoms with Crippen LogP contribution in [0, 0.1) is 5.41 Å². The minimum Gasteiger partial charge on any atom is -0.317 e. The molecule has 1 N–H and O–H groups in total. The van der Waals surface area contributed by atoms with Crippen LogP contribution in [-0.2, 0) is 6.42 Å². The Kier molecular flexibility index (Phi) is 4.22. The highest BCUT2D eigenvalue weighted by Gasteiger charge is 2.33. The summed E-state index contributed by atoms with van der Waals surface area (Å²) < 4.78 is 0. The van der Waals surface area contributed by atoms with Gasteiger partial charge in [-0.3, -0.25) is 0 Å². The lowest BCUT2D eigenvalue weighted by Gasteiger charge is -2.24. The molecule has 1 aromatic carbocycles. The summed E-state index contributed by atoms with van der Waals surface area (Å²) in [6, 6.07) is 11.6. The molecule has 2 atom stereocenters. The highest BCUT2D eigenvalue weighted by Crippen LogP contribution is 2.41. The molecule has 0 bridgehead atoms. The van der Waals surface area contributed by atoms with Crippen LogP contribution in [0.25, 0.3) is 0 Å². The summed E-state index contributed by atoms with van der Waals surface area (Å²) >= 11 is 0. The van der Waals surface area contributed by atoms with Crippen LogP contribution in [0.3, 0.4) is 0 Å². The first-order chi connectivity index (χ1) is 8.22. The lowest BCUT2D eigenvalue weighted by Crippen LogP contribution is -2.23. The highest BCUT2D eigenvalue weighted by molar-refractivity contribution is 5.14. The van der Waals surface area contributed by atoms with Crippen LogP contribution in [0.15, 0.2) is 30.3 Å². The minimum absolute atomic E-state index is 0.586. The summed E-state index contributed by atoms with van der Waals surface area (Å²) in [6.45, 7) is 2.47. The molecule has 0 spiro atoms. The summed E-state index contributed by atoms with van der Waals surface area (Å²) in [5.41, 5.74) is 2.07. The fourth-order valence-electron chi connectivity index (χ4n) is 3.16. The van der Waals surface area contributed by atoms with Crippen molar-refractivity contribution >= 4 is 0 Å². The molecule has 0 radical (unpaired) electrons. The Balaban J connectivity index is 1.75. The van der Waals surface area contributed by atoms with Crippen molar-refractivity contribution < 1.29 is 0 Å². The number of aryl methyl sites for hydroxylation is 1. The molecule has 2 unspecified atom stereocenters. The maximum atomic E-state index is 3.43. The van der Waals surface area contributed by atoms with Gasteiger partial charge in [0, 0.05) is 6.04 Å². The van der Waals surface area contributed by atoms with E-state index in [9.17, 15) is 0 Å². The van der Waals surface area contributed by atoms with Crippen LogP contribution in [-0.4, -0.2) is 13.1 Å². The zero-order valence-electron chi connectivity index (χ0n) is 11.2. The molecule has 2 rings (SSSR count). The second-order valence-corrected chi connectivity index (χ2v) is 5.88. The van der Waals surface area contributed by atoms with Gasteiger partial charge in [0.1, 0.15) is 0 Å². The van der Waals surface area contributed by atoms with Crippen molar-refractivity contribution in [2.75, 3.05) is 7.05 Å². The predicted octanol–water partition coefficient (Wildman–Crippen LogP) is 3.79. The number of nitrogens with one attached hydrogen (secondary N) is 1. The van der Waals surface area contributed by atoms with Crippen LogP contribution in [0.2, 0.25) is 0 Å². The topological polar surface area (TPSA) is 12.0 Å². The molecule has 1 aromatic rings. The quantitative estimate of drug-likeness (QED) is 0.813. The van der Waals surface area contributed by atoms with Crippen molar-refractivity contribution in [1.29, 1.82) is 0 Å². The van der Waals surface area contributed by atoms with Crippen LogP contribution in [0.4, 0.5) is 0 Å². The predicted molar refractivity (Wildman–Crippen MR) is 74.2 cm³/mol. The van der Waals surface area contributed by atoms with Crippen molar-refractivity contribution in [3.05, 3.63) is 35.9 Å². The summed E-state index contributed by atoms with van der Waals surface area (Å²) in [7, 11) is 2.10. The summed E-state index contributed by atoms with van der Waals surface area (Å²) in [5.74, 6) is 0. The Morgan fingerprint density at radius 3 is 2.71 bits per heavy atom. The Labute approximate surface area is 106 Å². The van der Waals surface area contributed by atoms with Crippen LogP contribution in [0.5, 0.6) is 0 Å². The van der Waals surface area contributed by atoms with Crippen LogP contribution < -0.4 is 5.32 Å². The average molecular weight is 231 g/mol. The normalized spacial score (nSPS) is 28.5. The fourth-order valence-corrected chi connectivity index (χ4v) is 3.16. The van der Waals surface area contributed by atoms with Gasteiger partial charge >= 0.3 is 0 Å². The molecule has 17 heavy (non-hydrogen) atoms. The standard InChI is InChI=1S/C16H25N/c1-16(12-10-15(13-16)17-2)11-6-9-14-7-4-3-5-8-14/h3-5,7-8,15,17H,6,9-13H2,1-2H3. The highest BCUT2D eigenvalue weighted by atomic mass is 14.9. The largest absolute Gasteiger partial charge is 0.317 e. The van der Waals surface area contributed by atoms with Crippen molar-refractivity contribution in [3.8, 4) is 0 Å². The maximum Gasteiger partial charge on any atom is 0.00694 e. The fraction of sp³-hybridized carbons (Fsp3) is 0.625. The summed E-state index contributed by atoms with van der Waals surface area (Å²) in [4.78, 5) is 0. The summed E-state index contributed by atoms with van der Waals surface area (Å²) in [6.07, 6.45) is 8.06. The third kappa shape index (κ3) is 3.57. The van der Waals surface area contributed by atoms with E-state index in [2.05, 4.69) is 49.6 Å². The molecule has 0 amide bonds. The van der Waals surface area contributed by atoms with E-state index in [1.54, 1.807) is 0 Å². The number of hydrogen-bond donors (Lipinski definition) is 1. The van der Waals surface area contributed by atoms with Gasteiger partial charge in [0.05, 0.1) is 0 Å². The molecule has 1 nitrogen and oxygen atoms in total. The van der Waals surface area contributed by atoms with Gasteiger partial charge < -0.3 is 5.32 Å². The first kappa shape index (κ1) is 12.6. The van der Waals surface area contributed by atoms with Crippen molar-refractivity contribution in [3.63, 3.8) is 0 Å². The van der Waals surface area contributed by atoms with Crippen molar-refractivity contribution in [1.82, 2.24) is 5.32 Å². The molecule has 1 fully saturated rings. The van der Waals surface area contributed by atoms with E-state index >= 15 is 0 Å². The van der Waals surface area contributed by atoms with Gasteiger partial charge in [0.25, 0.3) is 0 Å². The molecule has 1 saturated carbocycles. The molecule has 94 valence electrons. The first-order valence-corrected chi connectivity index (χ1v) is 6.93. The lowest BCUT2D eigenvalue weighted by atomic mass is 9.82. The smallest absolute Gasteiger partial charge is 0.00694 e. The third-order valence-corrected chi connectivity index (χ3v) is 4.33. The van der Waals surface area contributed by atoms with E-state index in [4.69, 9.17) is 0 Å². The zero-order valence-corrected chi connectivity index (χ0v) is 11.2. The SMILES string of the molecule is CNC1CCC(C)(CCCc2ccccc2)C1. The van der Waals surface area contributed by atoms with E-state index < -0.39 is 0 Å². The molecule has 1 heteroatoms. The number of benzene rings is 1. The Bertz CT molecular complexity index is 333. The molecule has 0 heterocycles. The van der Waals surface area contributed by atoms with E-state index in [0.717, 1.165) is 6.04 Å². The zero-order chi connectivity index (χ0) is 12.1. The summed E-state index contributed by atoms with van der Waals surface area (Å²) in [5, 5.41) is 3.43. The molecule has 0 aromatic heterocycles. The second-order valence-electron chi connectivity index (χ2n) is 5.88. The first-order valence-electron chi connectivity index (χ1n) is 6.93. The van der Waals surface area contributed by atoms with Gasteiger partial charge in [-0.05, 0) is 56.6 Å². The Morgan fingerprint density at radius 1 is 1.29 bits per heavy atom. The average Bonchev–Trinajstić information content (AvgIpc) is 2.73. The lowest BCUT2D eigenvalue weighted by molar-refractivity contribution is 0.292. The van der Waals surface area contributed by atoms with Gasteiger partial charge in [-0.1, -0.05) is 37.3 Å². The van der Waals surface area contributed by atoms with Gasteiger partial charge in [-0.25, -0.2) is 0 Å². The van der Waals surface area contributed by atoms with E-state index in [-0.39, 0.29) is 0 Å². The van der Waals surface area contributed by atoms with Gasteiger partial charge in [-0.15, -0.1) is 0 Å². The van der Waals surface area contributed by atoms with E-state index in [0.29, 0.717) is 5.41 Å². The Morgan fingerprint density at radius 2 is 2.06 bits per heavy atom. The maximum absolute atomic E-state index is 3.43. The number of hydrogen-bond acceptors (Lipinski definition) is 1.